The molecule has 0 amide bonds. The molecule has 0 aliphatic carbocycles. The molecule has 4 rings (SSSR count). The van der Waals surface area contributed by atoms with E-state index in [9.17, 15) is 14.4 Å². The molecule has 0 aliphatic heterocycles. The largest absolute Gasteiger partial charge is 0.423 e. The summed E-state index contributed by atoms with van der Waals surface area (Å²) in [6, 6.07) is 24.7. The van der Waals surface area contributed by atoms with Crippen molar-refractivity contribution in [2.75, 3.05) is 0 Å². The van der Waals surface area contributed by atoms with Gasteiger partial charge in [-0.25, -0.2) is 9.59 Å². The lowest BCUT2D eigenvalue weighted by atomic mass is 10.0. The topological polar surface area (TPSA) is 69.7 Å². The van der Waals surface area contributed by atoms with Crippen LogP contribution in [0.15, 0.2) is 122 Å². The molecule has 208 valence electrons. The average Bonchev–Trinajstić information content (AvgIpc) is 3.00. The molecule has 0 fully saturated rings. The number of esters is 2. The minimum atomic E-state index is -0.570. The third kappa shape index (κ3) is 7.61. The lowest BCUT2D eigenvalue weighted by Gasteiger charge is -2.11. The summed E-state index contributed by atoms with van der Waals surface area (Å²) >= 11 is 13.1. The first-order chi connectivity index (χ1) is 20.3. The summed E-state index contributed by atoms with van der Waals surface area (Å²) in [7, 11) is 0. The first kappa shape index (κ1) is 30.0. The first-order valence-electron chi connectivity index (χ1n) is 12.7. The third-order valence-electron chi connectivity index (χ3n) is 5.98. The van der Waals surface area contributed by atoms with E-state index in [1.807, 2.05) is 24.3 Å². The number of hydrogen-bond donors (Lipinski definition) is 0. The summed E-state index contributed by atoms with van der Waals surface area (Å²) in [6.45, 7) is 6.85. The number of ether oxygens (including phenoxy) is 2. The quantitative estimate of drug-likeness (QED) is 0.104. The Morgan fingerprint density at radius 2 is 0.976 bits per heavy atom. The zero-order valence-corrected chi connectivity index (χ0v) is 23.8. The Bertz CT molecular complexity index is 1620. The van der Waals surface area contributed by atoms with Crippen molar-refractivity contribution >= 4 is 53.1 Å². The van der Waals surface area contributed by atoms with Crippen molar-refractivity contribution in [3.63, 3.8) is 0 Å². The maximum atomic E-state index is 12.5. The maximum Gasteiger partial charge on any atom is 0.335 e. The average molecular weight is 595 g/mol. The van der Waals surface area contributed by atoms with Crippen LogP contribution in [-0.4, -0.2) is 17.7 Å². The molecule has 0 unspecified atom stereocenters. The first-order valence-corrected chi connectivity index (χ1v) is 13.4. The molecule has 0 aromatic heterocycles. The molecule has 0 atom stereocenters. The lowest BCUT2D eigenvalue weighted by molar-refractivity contribution is -0.129. The molecule has 4 aromatic rings. The van der Waals surface area contributed by atoms with Gasteiger partial charge in [-0.2, -0.15) is 0 Å². The summed E-state index contributed by atoms with van der Waals surface area (Å²) in [5.41, 5.74) is 4.09. The Balaban J connectivity index is 1.46. The fourth-order valence-corrected chi connectivity index (χ4v) is 4.56. The molecule has 0 bridgehead atoms. The summed E-state index contributed by atoms with van der Waals surface area (Å²) in [5, 5.41) is 0.857. The van der Waals surface area contributed by atoms with Gasteiger partial charge in [0.1, 0.15) is 11.5 Å². The van der Waals surface area contributed by atoms with Gasteiger partial charge in [-0.05, 0) is 47.5 Å². The summed E-state index contributed by atoms with van der Waals surface area (Å²) in [4.78, 5) is 35.9. The Hall–Kier alpha value is -4.97. The minimum Gasteiger partial charge on any atom is -0.423 e. The third-order valence-corrected chi connectivity index (χ3v) is 6.60. The number of ketones is 1. The summed E-state index contributed by atoms with van der Waals surface area (Å²) in [6.07, 6.45) is 8.36. The highest BCUT2D eigenvalue weighted by atomic mass is 35.5. The van der Waals surface area contributed by atoms with Crippen LogP contribution >= 0.6 is 23.2 Å². The molecular formula is C35H24Cl2O5. The number of benzene rings is 4. The van der Waals surface area contributed by atoms with Gasteiger partial charge in [0.05, 0.1) is 0 Å². The zero-order valence-electron chi connectivity index (χ0n) is 22.3. The fraction of sp³-hybridized carbons (Fsp3) is 0. The van der Waals surface area contributed by atoms with Crippen LogP contribution in [0.4, 0.5) is 0 Å². The predicted molar refractivity (Wildman–Crippen MR) is 169 cm³/mol. The molecule has 5 nitrogen and oxygen atoms in total. The van der Waals surface area contributed by atoms with Gasteiger partial charge in [0, 0.05) is 44.5 Å². The highest BCUT2D eigenvalue weighted by Gasteiger charge is 2.13. The van der Waals surface area contributed by atoms with Gasteiger partial charge in [-0.3, -0.25) is 4.79 Å². The van der Waals surface area contributed by atoms with Crippen LogP contribution in [0.1, 0.15) is 11.1 Å². The van der Waals surface area contributed by atoms with Crippen LogP contribution in [0.3, 0.4) is 0 Å². The zero-order chi connectivity index (χ0) is 30.1. The van der Waals surface area contributed by atoms with Gasteiger partial charge in [-0.1, -0.05) is 109 Å². The van der Waals surface area contributed by atoms with E-state index in [0.29, 0.717) is 54.9 Å². The molecule has 7 heteroatoms. The normalized spacial score (nSPS) is 10.9. The standard InChI is InChI=1S/C35H24Cl2O5/c1-3-34(39)41-32-11-7-5-9-28(32)26-19-15-23(21-30(26)36)13-17-25(38)18-14-24-16-20-27(31(37)22-24)29-10-6-8-12-33(29)42-35(40)4-2/h3-22H,1-2H2/b17-13+,18-14+. The molecule has 4 aromatic carbocycles. The number of allylic oxidation sites excluding steroid dienone is 2. The van der Waals surface area contributed by atoms with Crippen LogP contribution in [0, 0.1) is 0 Å². The molecule has 0 aliphatic rings. The second kappa shape index (κ2) is 14.1. The van der Waals surface area contributed by atoms with Crippen molar-refractivity contribution < 1.29 is 23.9 Å². The van der Waals surface area contributed by atoms with E-state index >= 15 is 0 Å². The SMILES string of the molecule is C=CC(=O)Oc1ccccc1-c1ccc(/C=C/C(=O)/C=C/c2ccc(-c3ccccc3OC(=O)C=C)c(Cl)c2)cc1Cl. The smallest absolute Gasteiger partial charge is 0.335 e. The Morgan fingerprint density at radius 1 is 0.571 bits per heavy atom. The van der Waals surface area contributed by atoms with E-state index in [4.69, 9.17) is 32.7 Å². The predicted octanol–water partition coefficient (Wildman–Crippen LogP) is 8.81. The molecule has 0 spiro atoms. The molecule has 0 N–H and O–H groups in total. The second-order valence-corrected chi connectivity index (χ2v) is 9.60. The van der Waals surface area contributed by atoms with E-state index in [-0.39, 0.29) is 5.78 Å². The van der Waals surface area contributed by atoms with E-state index < -0.39 is 11.9 Å². The summed E-state index contributed by atoms with van der Waals surface area (Å²) < 4.78 is 10.6. The van der Waals surface area contributed by atoms with E-state index in [2.05, 4.69) is 13.2 Å². The molecule has 0 saturated heterocycles. The van der Waals surface area contributed by atoms with Crippen LogP contribution in [0.2, 0.25) is 10.0 Å². The van der Waals surface area contributed by atoms with Gasteiger partial charge in [0.15, 0.2) is 5.78 Å². The number of rotatable bonds is 10. The molecular weight excluding hydrogens is 571 g/mol. The van der Waals surface area contributed by atoms with Gasteiger partial charge in [0.25, 0.3) is 0 Å². The molecule has 0 saturated carbocycles. The highest BCUT2D eigenvalue weighted by molar-refractivity contribution is 6.34. The maximum absolute atomic E-state index is 12.5. The second-order valence-electron chi connectivity index (χ2n) is 8.79. The van der Waals surface area contributed by atoms with Crippen molar-refractivity contribution in [1.29, 1.82) is 0 Å². The Morgan fingerprint density at radius 3 is 1.36 bits per heavy atom. The number of carbonyl (C=O) groups excluding carboxylic acids is 3. The van der Waals surface area contributed by atoms with Crippen LogP contribution in [0.5, 0.6) is 11.5 Å². The molecule has 42 heavy (non-hydrogen) atoms. The lowest BCUT2D eigenvalue weighted by Crippen LogP contribution is -2.04. The van der Waals surface area contributed by atoms with Gasteiger partial charge in [-0.15, -0.1) is 0 Å². The van der Waals surface area contributed by atoms with Crippen LogP contribution in [0.25, 0.3) is 34.4 Å². The van der Waals surface area contributed by atoms with Gasteiger partial charge >= 0.3 is 11.9 Å². The summed E-state index contributed by atoms with van der Waals surface area (Å²) in [5.74, 6) is -0.652. The molecule has 0 heterocycles. The van der Waals surface area contributed by atoms with Crippen molar-refractivity contribution in [2.45, 2.75) is 0 Å². The number of para-hydroxylation sites is 2. The Labute approximate surface area is 253 Å². The monoisotopic (exact) mass is 594 g/mol. The van der Waals surface area contributed by atoms with E-state index in [1.54, 1.807) is 72.8 Å². The number of hydrogen-bond acceptors (Lipinski definition) is 5. The van der Waals surface area contributed by atoms with E-state index in [1.165, 1.54) is 12.2 Å². The number of carbonyl (C=O) groups is 3. The van der Waals surface area contributed by atoms with Crippen molar-refractivity contribution in [1.82, 2.24) is 0 Å². The van der Waals surface area contributed by atoms with Gasteiger partial charge in [0.2, 0.25) is 0 Å². The molecule has 0 radical (unpaired) electrons. The van der Waals surface area contributed by atoms with Crippen LogP contribution in [-0.2, 0) is 14.4 Å². The number of halogens is 2. The van der Waals surface area contributed by atoms with Crippen LogP contribution < -0.4 is 9.47 Å². The van der Waals surface area contributed by atoms with E-state index in [0.717, 1.165) is 12.2 Å². The Kier molecular flexibility index (Phi) is 10.1. The van der Waals surface area contributed by atoms with Crippen molar-refractivity contribution in [2.24, 2.45) is 0 Å². The van der Waals surface area contributed by atoms with Gasteiger partial charge < -0.3 is 9.47 Å². The minimum absolute atomic E-state index is 0.237. The highest BCUT2D eigenvalue weighted by Crippen LogP contribution is 2.37. The fourth-order valence-electron chi connectivity index (χ4n) is 3.98. The van der Waals surface area contributed by atoms with Crippen molar-refractivity contribution in [3.8, 4) is 33.8 Å². The van der Waals surface area contributed by atoms with Crippen molar-refractivity contribution in [3.05, 3.63) is 144 Å².